The van der Waals surface area contributed by atoms with Crippen molar-refractivity contribution in [2.24, 2.45) is 0 Å². The predicted molar refractivity (Wildman–Crippen MR) is 101 cm³/mol. The van der Waals surface area contributed by atoms with E-state index in [0.717, 1.165) is 22.2 Å². The molecule has 0 aliphatic heterocycles. The maximum atomic E-state index is 12.2. The van der Waals surface area contributed by atoms with Gasteiger partial charge in [-0.2, -0.15) is 0 Å². The van der Waals surface area contributed by atoms with Gasteiger partial charge < -0.3 is 4.98 Å². The smallest absolute Gasteiger partial charge is 0.257 e. The zero-order valence-corrected chi connectivity index (χ0v) is 15.9. The Bertz CT molecular complexity index is 1030. The molecular formula is C17H18N4O3S2. The molecule has 136 valence electrons. The van der Waals surface area contributed by atoms with Crippen LogP contribution in [0.4, 0.5) is 0 Å². The lowest BCUT2D eigenvalue weighted by Crippen LogP contribution is -2.42. The second-order valence-corrected chi connectivity index (χ2v) is 8.39. The maximum Gasteiger partial charge on any atom is 0.257 e. The number of H-pyrrole nitrogens is 1. The lowest BCUT2D eigenvalue weighted by Gasteiger charge is -2.09. The van der Waals surface area contributed by atoms with Gasteiger partial charge in [-0.3, -0.25) is 10.2 Å². The number of fused-ring (bicyclic) bond motifs is 1. The van der Waals surface area contributed by atoms with E-state index in [4.69, 9.17) is 0 Å². The van der Waals surface area contributed by atoms with Crippen LogP contribution in [0.1, 0.15) is 11.1 Å². The van der Waals surface area contributed by atoms with Crippen LogP contribution in [0, 0.1) is 13.8 Å². The van der Waals surface area contributed by atoms with Gasteiger partial charge in [-0.25, -0.2) is 13.4 Å². The van der Waals surface area contributed by atoms with Crippen molar-refractivity contribution in [1.82, 2.24) is 20.2 Å². The number of benzene rings is 2. The molecule has 1 aromatic heterocycles. The molecule has 1 amide bonds. The molecule has 3 N–H and O–H groups in total. The van der Waals surface area contributed by atoms with E-state index in [1.165, 1.54) is 17.8 Å². The lowest BCUT2D eigenvalue weighted by molar-refractivity contribution is -0.119. The van der Waals surface area contributed by atoms with Gasteiger partial charge in [0.15, 0.2) is 5.16 Å². The molecule has 9 heteroatoms. The third-order valence-corrected chi connectivity index (χ3v) is 5.94. The Morgan fingerprint density at radius 2 is 1.92 bits per heavy atom. The van der Waals surface area contributed by atoms with Gasteiger partial charge in [-0.05, 0) is 49.2 Å². The van der Waals surface area contributed by atoms with Crippen molar-refractivity contribution in [1.29, 1.82) is 0 Å². The Labute approximate surface area is 155 Å². The average Bonchev–Trinajstić information content (AvgIpc) is 3.03. The number of aromatic nitrogens is 2. The van der Waals surface area contributed by atoms with E-state index in [9.17, 15) is 13.2 Å². The molecule has 0 saturated heterocycles. The number of thioether (sulfide) groups is 1. The number of aryl methyl sites for hydroxylation is 2. The summed E-state index contributed by atoms with van der Waals surface area (Å²) in [5, 5.41) is 0.596. The van der Waals surface area contributed by atoms with Gasteiger partial charge in [0.05, 0.1) is 21.7 Å². The summed E-state index contributed by atoms with van der Waals surface area (Å²) in [6.45, 7) is 3.73. The third kappa shape index (κ3) is 4.24. The SMILES string of the molecule is Cc1ccc(S(=O)(=O)NNC(=O)CSc2nc3ccccc3[nH]2)cc1C. The van der Waals surface area contributed by atoms with Crippen LogP contribution < -0.4 is 10.3 Å². The Kier molecular flexibility index (Phi) is 5.30. The molecule has 0 spiro atoms. The zero-order chi connectivity index (χ0) is 18.7. The minimum atomic E-state index is -3.81. The molecule has 0 fully saturated rings. The van der Waals surface area contributed by atoms with Gasteiger partial charge in [0.2, 0.25) is 5.91 Å². The number of carbonyl (C=O) groups is 1. The number of carbonyl (C=O) groups excluding carboxylic acids is 1. The molecule has 2 aromatic carbocycles. The Balaban J connectivity index is 1.56. The quantitative estimate of drug-likeness (QED) is 0.442. The first kappa shape index (κ1) is 18.4. The van der Waals surface area contributed by atoms with Crippen LogP contribution >= 0.6 is 11.8 Å². The molecule has 0 bridgehead atoms. The van der Waals surface area contributed by atoms with Crippen LogP contribution in [0.15, 0.2) is 52.5 Å². The number of aromatic amines is 1. The van der Waals surface area contributed by atoms with Crippen molar-refractivity contribution in [2.75, 3.05) is 5.75 Å². The van der Waals surface area contributed by atoms with Gasteiger partial charge in [-0.15, -0.1) is 4.83 Å². The largest absolute Gasteiger partial charge is 0.333 e. The molecule has 3 aromatic rings. The van der Waals surface area contributed by atoms with Gasteiger partial charge in [0, 0.05) is 0 Å². The van der Waals surface area contributed by atoms with Crippen molar-refractivity contribution >= 4 is 38.7 Å². The molecule has 0 aliphatic rings. The summed E-state index contributed by atoms with van der Waals surface area (Å²) in [6, 6.07) is 12.3. The number of para-hydroxylation sites is 2. The van der Waals surface area contributed by atoms with Crippen molar-refractivity contribution in [3.8, 4) is 0 Å². The van der Waals surface area contributed by atoms with Gasteiger partial charge in [-0.1, -0.05) is 30.0 Å². The molecule has 3 rings (SSSR count). The average molecular weight is 390 g/mol. The highest BCUT2D eigenvalue weighted by Crippen LogP contribution is 2.19. The zero-order valence-electron chi connectivity index (χ0n) is 14.2. The van der Waals surface area contributed by atoms with Crippen molar-refractivity contribution in [3.05, 3.63) is 53.6 Å². The molecule has 0 radical (unpaired) electrons. The van der Waals surface area contributed by atoms with Crippen LogP contribution in [-0.4, -0.2) is 30.0 Å². The number of nitrogens with one attached hydrogen (secondary N) is 3. The highest BCUT2D eigenvalue weighted by molar-refractivity contribution is 7.99. The standard InChI is InChI=1S/C17H18N4O3S2/c1-11-7-8-13(9-12(11)2)26(23,24)21-20-16(22)10-25-17-18-14-5-3-4-6-15(14)19-17/h3-9,21H,10H2,1-2H3,(H,18,19)(H,20,22). The van der Waals surface area contributed by atoms with Crippen molar-refractivity contribution in [2.45, 2.75) is 23.9 Å². The number of hydrazine groups is 1. The second-order valence-electron chi connectivity index (χ2n) is 5.75. The summed E-state index contributed by atoms with van der Waals surface area (Å²) < 4.78 is 24.5. The monoisotopic (exact) mass is 390 g/mol. The first-order chi connectivity index (χ1) is 12.3. The Hall–Kier alpha value is -2.36. The summed E-state index contributed by atoms with van der Waals surface area (Å²) in [4.78, 5) is 21.6. The minimum absolute atomic E-state index is 0.0231. The maximum absolute atomic E-state index is 12.2. The summed E-state index contributed by atoms with van der Waals surface area (Å²) in [7, 11) is -3.81. The van der Waals surface area contributed by atoms with Crippen LogP contribution in [0.5, 0.6) is 0 Å². The fourth-order valence-electron chi connectivity index (χ4n) is 2.23. The lowest BCUT2D eigenvalue weighted by atomic mass is 10.1. The molecule has 1 heterocycles. The fraction of sp³-hybridized carbons (Fsp3) is 0.176. The molecule has 0 saturated carbocycles. The first-order valence-electron chi connectivity index (χ1n) is 7.80. The summed E-state index contributed by atoms with van der Waals surface area (Å²) in [5.41, 5.74) is 5.77. The number of rotatable bonds is 6. The molecule has 0 unspecified atom stereocenters. The van der Waals surface area contributed by atoms with E-state index in [1.807, 2.05) is 38.1 Å². The highest BCUT2D eigenvalue weighted by Gasteiger charge is 2.16. The molecule has 7 nitrogen and oxygen atoms in total. The molecule has 0 atom stereocenters. The molecule has 26 heavy (non-hydrogen) atoms. The van der Waals surface area contributed by atoms with E-state index >= 15 is 0 Å². The summed E-state index contributed by atoms with van der Waals surface area (Å²) in [6.07, 6.45) is 0. The van der Waals surface area contributed by atoms with E-state index in [1.54, 1.807) is 12.1 Å². The number of hydrogen-bond acceptors (Lipinski definition) is 5. The highest BCUT2D eigenvalue weighted by atomic mass is 32.2. The Morgan fingerprint density at radius 3 is 2.65 bits per heavy atom. The Morgan fingerprint density at radius 1 is 1.15 bits per heavy atom. The number of nitrogens with zero attached hydrogens (tertiary/aromatic N) is 1. The normalized spacial score (nSPS) is 11.6. The van der Waals surface area contributed by atoms with Crippen LogP contribution in [0.25, 0.3) is 11.0 Å². The number of amides is 1. The fourth-order valence-corrected chi connectivity index (χ4v) is 3.86. The number of hydrogen-bond donors (Lipinski definition) is 3. The van der Waals surface area contributed by atoms with Crippen molar-refractivity contribution < 1.29 is 13.2 Å². The van der Waals surface area contributed by atoms with Crippen LogP contribution in [0.2, 0.25) is 0 Å². The van der Waals surface area contributed by atoms with E-state index in [2.05, 4.69) is 20.2 Å². The van der Waals surface area contributed by atoms with E-state index < -0.39 is 15.9 Å². The second kappa shape index (κ2) is 7.48. The minimum Gasteiger partial charge on any atom is -0.333 e. The van der Waals surface area contributed by atoms with Gasteiger partial charge in [0.1, 0.15) is 0 Å². The van der Waals surface area contributed by atoms with Gasteiger partial charge >= 0.3 is 0 Å². The number of sulfonamides is 1. The topological polar surface area (TPSA) is 104 Å². The van der Waals surface area contributed by atoms with Crippen molar-refractivity contribution in [3.63, 3.8) is 0 Å². The van der Waals surface area contributed by atoms with E-state index in [0.29, 0.717) is 5.16 Å². The van der Waals surface area contributed by atoms with Crippen LogP contribution in [-0.2, 0) is 14.8 Å². The third-order valence-electron chi connectivity index (χ3n) is 3.82. The first-order valence-corrected chi connectivity index (χ1v) is 10.3. The van der Waals surface area contributed by atoms with E-state index in [-0.39, 0.29) is 10.6 Å². The molecular weight excluding hydrogens is 372 g/mol. The van der Waals surface area contributed by atoms with Gasteiger partial charge in [0.25, 0.3) is 10.0 Å². The molecule has 0 aliphatic carbocycles. The number of imidazole rings is 1. The summed E-state index contributed by atoms with van der Waals surface area (Å²) >= 11 is 1.19. The van der Waals surface area contributed by atoms with Crippen LogP contribution in [0.3, 0.4) is 0 Å². The predicted octanol–water partition coefficient (Wildman–Crippen LogP) is 2.28. The summed E-state index contributed by atoms with van der Waals surface area (Å²) in [5.74, 6) is -0.446.